The molecule has 3 N–H and O–H groups in total. The quantitative estimate of drug-likeness (QED) is 0.0473. The van der Waals surface area contributed by atoms with Crippen molar-refractivity contribution in [3.8, 4) is 17.2 Å². The van der Waals surface area contributed by atoms with Crippen LogP contribution in [0.15, 0.2) is 71.9 Å². The lowest BCUT2D eigenvalue weighted by Crippen LogP contribution is -2.70. The van der Waals surface area contributed by atoms with Crippen LogP contribution in [-0.2, 0) is 23.8 Å². The summed E-state index contributed by atoms with van der Waals surface area (Å²) in [5.74, 6) is -0.415. The van der Waals surface area contributed by atoms with E-state index < -0.39 is 24.0 Å². The van der Waals surface area contributed by atoms with Gasteiger partial charge in [0.25, 0.3) is 0 Å². The highest BCUT2D eigenvalue weighted by molar-refractivity contribution is 6.03. The molecule has 0 spiro atoms. The second-order valence-corrected chi connectivity index (χ2v) is 16.6. The van der Waals surface area contributed by atoms with Crippen molar-refractivity contribution in [2.45, 2.75) is 101 Å². The van der Waals surface area contributed by atoms with Crippen molar-refractivity contribution >= 4 is 17.9 Å². The Morgan fingerprint density at radius 2 is 1.78 bits per heavy atom. The number of aliphatic hydroxyl groups excluding tert-OH is 3. The zero-order chi connectivity index (χ0) is 41.9. The molecule has 326 valence electrons. The molecule has 2 aliphatic heterocycles. The molecule has 7 atom stereocenters. The van der Waals surface area contributed by atoms with Crippen LogP contribution < -0.4 is 9.47 Å². The number of carbonyl (C=O) groups is 2. The van der Waals surface area contributed by atoms with Crippen LogP contribution in [-0.4, -0.2) is 109 Å². The highest BCUT2D eigenvalue weighted by Crippen LogP contribution is 2.62. The fourth-order valence-corrected chi connectivity index (χ4v) is 9.73. The molecular formula is C47H62N2O11. The fraction of sp³-hybridized carbons (Fsp3) is 0.596. The van der Waals surface area contributed by atoms with Gasteiger partial charge in [0, 0.05) is 55.6 Å². The molecule has 7 unspecified atom stereocenters. The van der Waals surface area contributed by atoms with Gasteiger partial charge in [0.15, 0.2) is 0 Å². The van der Waals surface area contributed by atoms with E-state index in [-0.39, 0.29) is 82.2 Å². The van der Waals surface area contributed by atoms with Crippen LogP contribution in [0.25, 0.3) is 0 Å². The normalized spacial score (nSPS) is 27.5. The maximum Gasteiger partial charge on any atom is 0.239 e. The van der Waals surface area contributed by atoms with Gasteiger partial charge in [0.2, 0.25) is 18.0 Å². The molecule has 7 rings (SSSR count). The average Bonchev–Trinajstić information content (AvgIpc) is 4.13. The maximum atomic E-state index is 14.6. The van der Waals surface area contributed by atoms with Crippen molar-refractivity contribution in [3.05, 3.63) is 77.9 Å². The molecular weight excluding hydrogens is 769 g/mol. The van der Waals surface area contributed by atoms with Gasteiger partial charge in [-0.1, -0.05) is 42.3 Å². The molecule has 13 heteroatoms. The van der Waals surface area contributed by atoms with Gasteiger partial charge in [-0.3, -0.25) is 9.59 Å². The highest BCUT2D eigenvalue weighted by Gasteiger charge is 2.66. The summed E-state index contributed by atoms with van der Waals surface area (Å²) in [6.45, 7) is 5.43. The third kappa shape index (κ3) is 9.98. The van der Waals surface area contributed by atoms with Gasteiger partial charge in [-0.05, 0) is 99.1 Å². The van der Waals surface area contributed by atoms with E-state index in [9.17, 15) is 24.9 Å². The Balaban J connectivity index is 1.42. The first-order valence-corrected chi connectivity index (χ1v) is 22.0. The third-order valence-corrected chi connectivity index (χ3v) is 12.6. The van der Waals surface area contributed by atoms with Crippen LogP contribution in [0.4, 0.5) is 0 Å². The lowest BCUT2D eigenvalue weighted by molar-refractivity contribution is -0.258. The molecule has 0 bridgehead atoms. The average molecular weight is 831 g/mol. The van der Waals surface area contributed by atoms with Crippen LogP contribution in [0.2, 0.25) is 0 Å². The number of rotatable bonds is 23. The lowest BCUT2D eigenvalue weighted by atomic mass is 9.55. The van der Waals surface area contributed by atoms with E-state index in [4.69, 9.17) is 33.7 Å². The van der Waals surface area contributed by atoms with Gasteiger partial charge >= 0.3 is 0 Å². The SMILES string of the molecule is C=CCOC12Oc3ccc(Oc4cccc(C=O)c4)cc3C3C(CCCCO)C(CCCCO)C=C(C(=NOC4CCCCO4)CC1N(CCOCCO)C(=O)C1CC1)C32. The predicted octanol–water partition coefficient (Wildman–Crippen LogP) is 6.70. The number of hydrogen-bond acceptors (Lipinski definition) is 12. The van der Waals surface area contributed by atoms with E-state index in [1.165, 1.54) is 0 Å². The Morgan fingerprint density at radius 3 is 2.52 bits per heavy atom. The van der Waals surface area contributed by atoms with E-state index >= 15 is 0 Å². The van der Waals surface area contributed by atoms with Crippen LogP contribution in [0.3, 0.4) is 0 Å². The second kappa shape index (κ2) is 21.1. The number of ether oxygens (including phenoxy) is 5. The van der Waals surface area contributed by atoms with Crippen LogP contribution in [0.5, 0.6) is 17.2 Å². The molecule has 5 aliphatic rings. The topological polar surface area (TPSA) is 166 Å². The number of fused-ring (bicyclic) bond motifs is 2. The van der Waals surface area contributed by atoms with Gasteiger partial charge in [-0.25, -0.2) is 0 Å². The molecule has 2 aromatic rings. The molecule has 60 heavy (non-hydrogen) atoms. The summed E-state index contributed by atoms with van der Waals surface area (Å²) in [7, 11) is 0. The second-order valence-electron chi connectivity index (χ2n) is 16.6. The van der Waals surface area contributed by atoms with E-state index in [1.54, 1.807) is 24.3 Å². The number of allylic oxidation sites excluding steroid dienone is 1. The molecule has 2 aromatic carbocycles. The third-order valence-electron chi connectivity index (χ3n) is 12.6. The minimum Gasteiger partial charge on any atom is -0.459 e. The van der Waals surface area contributed by atoms with Gasteiger partial charge in [-0.15, -0.1) is 6.58 Å². The minimum atomic E-state index is -1.40. The van der Waals surface area contributed by atoms with Gasteiger partial charge in [-0.2, -0.15) is 0 Å². The van der Waals surface area contributed by atoms with Crippen molar-refractivity contribution in [1.82, 2.24) is 4.90 Å². The number of aldehydes is 1. The first-order chi connectivity index (χ1) is 29.4. The number of benzene rings is 2. The monoisotopic (exact) mass is 830 g/mol. The van der Waals surface area contributed by atoms with Crippen molar-refractivity contribution in [2.24, 2.45) is 28.8 Å². The Kier molecular flexibility index (Phi) is 15.5. The first-order valence-electron chi connectivity index (χ1n) is 22.0. The smallest absolute Gasteiger partial charge is 0.239 e. The first kappa shape index (κ1) is 44.0. The number of oxime groups is 1. The fourth-order valence-electron chi connectivity index (χ4n) is 9.73. The number of unbranched alkanes of at least 4 members (excludes halogenated alkanes) is 2. The van der Waals surface area contributed by atoms with Crippen molar-refractivity contribution in [2.75, 3.05) is 52.8 Å². The number of nitrogens with zero attached hydrogens (tertiary/aromatic N) is 2. The van der Waals surface area contributed by atoms with E-state index in [1.807, 2.05) is 29.2 Å². The molecule has 2 heterocycles. The number of amides is 1. The van der Waals surface area contributed by atoms with Crippen LogP contribution in [0.1, 0.15) is 98.9 Å². The van der Waals surface area contributed by atoms with Crippen LogP contribution >= 0.6 is 0 Å². The summed E-state index contributed by atoms with van der Waals surface area (Å²) >= 11 is 0. The highest BCUT2D eigenvalue weighted by atomic mass is 16.8. The Morgan fingerprint density at radius 1 is 0.967 bits per heavy atom. The molecule has 0 aromatic heterocycles. The molecule has 1 saturated heterocycles. The van der Waals surface area contributed by atoms with Gasteiger partial charge in [0.05, 0.1) is 44.7 Å². The summed E-state index contributed by atoms with van der Waals surface area (Å²) < 4.78 is 32.6. The number of hydrogen-bond donors (Lipinski definition) is 3. The number of carbonyl (C=O) groups excluding carboxylic acids is 2. The van der Waals surface area contributed by atoms with E-state index in [0.29, 0.717) is 48.0 Å². The van der Waals surface area contributed by atoms with Crippen molar-refractivity contribution in [3.63, 3.8) is 0 Å². The van der Waals surface area contributed by atoms with Gasteiger partial charge < -0.3 is 48.7 Å². The Bertz CT molecular complexity index is 1820. The molecule has 0 radical (unpaired) electrons. The Labute approximate surface area is 353 Å². The maximum absolute atomic E-state index is 14.6. The molecule has 13 nitrogen and oxygen atoms in total. The summed E-state index contributed by atoms with van der Waals surface area (Å²) in [5.41, 5.74) is 3.08. The summed E-state index contributed by atoms with van der Waals surface area (Å²) in [5, 5.41) is 34.3. The zero-order valence-electron chi connectivity index (χ0n) is 34.7. The summed E-state index contributed by atoms with van der Waals surface area (Å²) in [6, 6.07) is 12.2. The largest absolute Gasteiger partial charge is 0.459 e. The molecule has 2 saturated carbocycles. The van der Waals surface area contributed by atoms with Crippen molar-refractivity contribution in [1.29, 1.82) is 0 Å². The Hall–Kier alpha value is -4.11. The molecule has 1 amide bonds. The van der Waals surface area contributed by atoms with Gasteiger partial charge in [0.1, 0.15) is 29.6 Å². The standard InChI is InChI=1S/C47H62N2O11/c1-2-23-57-47-42(49(19-25-55-26-22-52)46(54)33-15-16-33)30-40(48-60-43-14-5-8-24-56-43)38-28-34(11-3-6-20-50)37(13-4-7-21-51)44(45(38)47)39-29-36(17-18-41(39)59-47)58-35-12-9-10-32(27-35)31-53/h2,9-10,12,17-18,27-29,31,33-34,37,42-45,50-52H,1,3-8,11,13-16,19-26,30H2. The molecule has 3 aliphatic carbocycles. The van der Waals surface area contributed by atoms with E-state index in [0.717, 1.165) is 75.2 Å². The lowest BCUT2D eigenvalue weighted by Gasteiger charge is -2.60. The van der Waals surface area contributed by atoms with Crippen molar-refractivity contribution < 1.29 is 53.4 Å². The van der Waals surface area contributed by atoms with E-state index in [2.05, 4.69) is 12.7 Å². The minimum absolute atomic E-state index is 0.00178. The number of aliphatic hydroxyl groups is 3. The zero-order valence-corrected chi connectivity index (χ0v) is 34.7. The molecule has 3 fully saturated rings. The van der Waals surface area contributed by atoms with Crippen LogP contribution in [0, 0.1) is 23.7 Å². The predicted molar refractivity (Wildman–Crippen MR) is 224 cm³/mol. The summed E-state index contributed by atoms with van der Waals surface area (Å²) in [4.78, 5) is 34.3. The summed E-state index contributed by atoms with van der Waals surface area (Å²) in [6.07, 6.45) is 13.4.